The van der Waals surface area contributed by atoms with Crippen LogP contribution in [-0.4, -0.2) is 5.75 Å². The molecule has 1 nitrogen and oxygen atoms in total. The Balaban J connectivity index is 2.27. The molecule has 0 aliphatic carbocycles. The Hall–Kier alpha value is -0.960. The number of nitrogens with two attached hydrogens (primary N) is 1. The number of hydrogen-bond donors (Lipinski definition) is 1. The van der Waals surface area contributed by atoms with E-state index in [1.165, 1.54) is 6.07 Å². The van der Waals surface area contributed by atoms with Crippen molar-refractivity contribution in [2.75, 3.05) is 11.5 Å². The van der Waals surface area contributed by atoms with Gasteiger partial charge >= 0.3 is 0 Å². The van der Waals surface area contributed by atoms with Gasteiger partial charge < -0.3 is 5.73 Å². The van der Waals surface area contributed by atoms with Gasteiger partial charge in [0.05, 0.1) is 0 Å². The van der Waals surface area contributed by atoms with Crippen LogP contribution in [0.1, 0.15) is 17.2 Å². The fourth-order valence-electron chi connectivity index (χ4n) is 1.55. The van der Waals surface area contributed by atoms with Crippen molar-refractivity contribution in [2.24, 2.45) is 0 Å². The molecule has 1 unspecified atom stereocenters. The third-order valence-corrected chi connectivity index (χ3v) is 3.52. The Kier molecular flexibility index (Phi) is 2.77. The predicted molar refractivity (Wildman–Crippen MR) is 59.8 cm³/mol. The van der Waals surface area contributed by atoms with Crippen molar-refractivity contribution < 1.29 is 4.39 Å². The van der Waals surface area contributed by atoms with Gasteiger partial charge in [-0.25, -0.2) is 4.39 Å². The molecule has 3 heteroatoms. The normalized spacial score (nSPS) is 21.1. The number of nitrogen functional groups attached to an aromatic ring is 1. The van der Waals surface area contributed by atoms with E-state index in [1.807, 2.05) is 0 Å². The SMILES string of the molecule is Nc1ccc(C2CC=CCS2)c(F)c1. The van der Waals surface area contributed by atoms with Crippen molar-refractivity contribution in [3.05, 3.63) is 41.7 Å². The summed E-state index contributed by atoms with van der Waals surface area (Å²) in [6.45, 7) is 0. The van der Waals surface area contributed by atoms with Gasteiger partial charge in [-0.2, -0.15) is 0 Å². The quantitative estimate of drug-likeness (QED) is 0.568. The standard InChI is InChI=1S/C11H12FNS/c12-10-7-8(13)4-5-9(10)11-3-1-2-6-14-11/h1-2,4-5,7,11H,3,6,13H2. The first-order valence-corrected chi connectivity index (χ1v) is 5.64. The van der Waals surface area contributed by atoms with Crippen LogP contribution in [0.15, 0.2) is 30.4 Å². The van der Waals surface area contributed by atoms with Gasteiger partial charge in [-0.05, 0) is 18.6 Å². The molecular formula is C11H12FNS. The van der Waals surface area contributed by atoms with Crippen LogP contribution in [0.2, 0.25) is 0 Å². The largest absolute Gasteiger partial charge is 0.399 e. The molecule has 0 fully saturated rings. The van der Waals surface area contributed by atoms with E-state index in [9.17, 15) is 4.39 Å². The molecule has 2 N–H and O–H groups in total. The number of benzene rings is 1. The molecule has 1 heterocycles. The van der Waals surface area contributed by atoms with Gasteiger partial charge in [0.2, 0.25) is 0 Å². The molecule has 1 aliphatic heterocycles. The summed E-state index contributed by atoms with van der Waals surface area (Å²) in [5.74, 6) is 0.784. The second-order valence-electron chi connectivity index (χ2n) is 3.31. The summed E-state index contributed by atoms with van der Waals surface area (Å²) in [6.07, 6.45) is 5.14. The van der Waals surface area contributed by atoms with Gasteiger partial charge in [0.1, 0.15) is 5.82 Å². The van der Waals surface area contributed by atoms with Gasteiger partial charge in [0.25, 0.3) is 0 Å². The summed E-state index contributed by atoms with van der Waals surface area (Å²) < 4.78 is 13.5. The van der Waals surface area contributed by atoms with Crippen LogP contribution >= 0.6 is 11.8 Å². The lowest BCUT2D eigenvalue weighted by Gasteiger charge is -2.18. The third kappa shape index (κ3) is 1.93. The number of anilines is 1. The van der Waals surface area contributed by atoms with Crippen LogP contribution < -0.4 is 5.73 Å². The Morgan fingerprint density at radius 1 is 1.36 bits per heavy atom. The third-order valence-electron chi connectivity index (χ3n) is 2.28. The monoisotopic (exact) mass is 209 g/mol. The first-order chi connectivity index (χ1) is 6.77. The summed E-state index contributed by atoms with van der Waals surface area (Å²) in [6, 6.07) is 4.95. The topological polar surface area (TPSA) is 26.0 Å². The summed E-state index contributed by atoms with van der Waals surface area (Å²) >= 11 is 1.77. The minimum absolute atomic E-state index is 0.183. The lowest BCUT2D eigenvalue weighted by atomic mass is 10.1. The number of halogens is 1. The van der Waals surface area contributed by atoms with Crippen molar-refractivity contribution in [1.29, 1.82) is 0 Å². The second kappa shape index (κ2) is 4.05. The lowest BCUT2D eigenvalue weighted by molar-refractivity contribution is 0.608. The van der Waals surface area contributed by atoms with Gasteiger partial charge in [0.15, 0.2) is 0 Å². The molecule has 0 amide bonds. The van der Waals surface area contributed by atoms with E-state index < -0.39 is 0 Å². The Labute approximate surface area is 87.2 Å². The van der Waals surface area contributed by atoms with Crippen LogP contribution in [0.25, 0.3) is 0 Å². The van der Waals surface area contributed by atoms with Crippen LogP contribution in [0.5, 0.6) is 0 Å². The zero-order valence-electron chi connectivity index (χ0n) is 7.74. The molecule has 1 atom stereocenters. The zero-order valence-corrected chi connectivity index (χ0v) is 8.56. The summed E-state index contributed by atoms with van der Waals surface area (Å²) in [7, 11) is 0. The number of thioether (sulfide) groups is 1. The van der Waals surface area contributed by atoms with Crippen molar-refractivity contribution in [3.8, 4) is 0 Å². The molecule has 0 spiro atoms. The maximum absolute atomic E-state index is 13.5. The molecule has 0 saturated heterocycles. The number of hydrogen-bond acceptors (Lipinski definition) is 2. The number of allylic oxidation sites excluding steroid dienone is 1. The Morgan fingerprint density at radius 2 is 2.21 bits per heavy atom. The molecule has 1 aliphatic rings. The van der Waals surface area contributed by atoms with E-state index in [0.29, 0.717) is 5.69 Å². The van der Waals surface area contributed by atoms with Gasteiger partial charge in [-0.3, -0.25) is 0 Å². The van der Waals surface area contributed by atoms with Crippen LogP contribution in [0.4, 0.5) is 10.1 Å². The van der Waals surface area contributed by atoms with E-state index in [2.05, 4.69) is 12.2 Å². The van der Waals surface area contributed by atoms with E-state index >= 15 is 0 Å². The molecule has 1 aromatic carbocycles. The Morgan fingerprint density at radius 3 is 2.86 bits per heavy atom. The maximum Gasteiger partial charge on any atom is 0.129 e. The van der Waals surface area contributed by atoms with Crippen molar-refractivity contribution >= 4 is 17.4 Å². The van der Waals surface area contributed by atoms with Crippen LogP contribution in [-0.2, 0) is 0 Å². The fourth-order valence-corrected chi connectivity index (χ4v) is 2.65. The first kappa shape index (κ1) is 9.59. The van der Waals surface area contributed by atoms with E-state index in [1.54, 1.807) is 23.9 Å². The summed E-state index contributed by atoms with van der Waals surface area (Å²) in [4.78, 5) is 0. The second-order valence-corrected chi connectivity index (χ2v) is 4.55. The molecule has 0 radical (unpaired) electrons. The van der Waals surface area contributed by atoms with E-state index in [0.717, 1.165) is 17.7 Å². The highest BCUT2D eigenvalue weighted by molar-refractivity contribution is 7.99. The minimum Gasteiger partial charge on any atom is -0.399 e. The average Bonchev–Trinajstić information content (AvgIpc) is 2.19. The smallest absolute Gasteiger partial charge is 0.129 e. The molecule has 1 aromatic rings. The van der Waals surface area contributed by atoms with E-state index in [-0.39, 0.29) is 11.1 Å². The molecule has 0 bridgehead atoms. The summed E-state index contributed by atoms with van der Waals surface area (Å²) in [5.41, 5.74) is 6.76. The molecular weight excluding hydrogens is 197 g/mol. The molecule has 0 saturated carbocycles. The number of rotatable bonds is 1. The molecule has 0 aromatic heterocycles. The Bertz CT molecular complexity index is 362. The van der Waals surface area contributed by atoms with Crippen molar-refractivity contribution in [2.45, 2.75) is 11.7 Å². The maximum atomic E-state index is 13.5. The average molecular weight is 209 g/mol. The van der Waals surface area contributed by atoms with Crippen LogP contribution in [0.3, 0.4) is 0 Å². The molecule has 14 heavy (non-hydrogen) atoms. The van der Waals surface area contributed by atoms with Crippen LogP contribution in [0, 0.1) is 5.82 Å². The zero-order chi connectivity index (χ0) is 9.97. The highest BCUT2D eigenvalue weighted by Gasteiger charge is 2.16. The van der Waals surface area contributed by atoms with Gasteiger partial charge in [-0.1, -0.05) is 18.2 Å². The highest BCUT2D eigenvalue weighted by atomic mass is 32.2. The lowest BCUT2D eigenvalue weighted by Crippen LogP contribution is -2.01. The van der Waals surface area contributed by atoms with E-state index in [4.69, 9.17) is 5.73 Å². The molecule has 2 rings (SSSR count). The fraction of sp³-hybridized carbons (Fsp3) is 0.273. The highest BCUT2D eigenvalue weighted by Crippen LogP contribution is 2.36. The van der Waals surface area contributed by atoms with Gasteiger partial charge in [0, 0.05) is 22.3 Å². The summed E-state index contributed by atoms with van der Waals surface area (Å²) in [5, 5.41) is 0.251. The predicted octanol–water partition coefficient (Wildman–Crippen LogP) is 3.14. The van der Waals surface area contributed by atoms with Crippen molar-refractivity contribution in [3.63, 3.8) is 0 Å². The van der Waals surface area contributed by atoms with Crippen molar-refractivity contribution in [1.82, 2.24) is 0 Å². The first-order valence-electron chi connectivity index (χ1n) is 4.59. The van der Waals surface area contributed by atoms with Gasteiger partial charge in [-0.15, -0.1) is 11.8 Å². The minimum atomic E-state index is -0.183. The molecule has 74 valence electrons.